The van der Waals surface area contributed by atoms with E-state index in [2.05, 4.69) is 21.2 Å². The van der Waals surface area contributed by atoms with E-state index in [1.165, 1.54) is 12.8 Å². The maximum atomic E-state index is 12.2. The lowest BCUT2D eigenvalue weighted by Gasteiger charge is -2.25. The van der Waals surface area contributed by atoms with Gasteiger partial charge in [0, 0.05) is 30.5 Å². The molecule has 1 aromatic carbocycles. The molecule has 1 saturated heterocycles. The molecule has 1 amide bonds. The maximum Gasteiger partial charge on any atom is 0.224 e. The molecule has 2 rings (SSSR count). The summed E-state index contributed by atoms with van der Waals surface area (Å²) in [6.45, 7) is 1.73. The van der Waals surface area contributed by atoms with Crippen LogP contribution < -0.4 is 5.32 Å². The van der Waals surface area contributed by atoms with Crippen molar-refractivity contribution >= 4 is 21.8 Å². The number of rotatable bonds is 4. The molecule has 4 heteroatoms. The van der Waals surface area contributed by atoms with Gasteiger partial charge in [0.15, 0.2) is 0 Å². The number of halogens is 1. The van der Waals surface area contributed by atoms with Gasteiger partial charge in [-0.3, -0.25) is 4.79 Å². The van der Waals surface area contributed by atoms with Crippen LogP contribution in [0.3, 0.4) is 0 Å². The SMILES string of the molecule is CN(Cc1ccc(Br)cc1)C(=O)CC1CCCCN1. The molecular weight excluding hydrogens is 304 g/mol. The molecule has 1 unspecified atom stereocenters. The Morgan fingerprint density at radius 3 is 2.74 bits per heavy atom. The summed E-state index contributed by atoms with van der Waals surface area (Å²) < 4.78 is 1.07. The molecule has 1 aliphatic heterocycles. The number of carbonyl (C=O) groups is 1. The first-order valence-electron chi connectivity index (χ1n) is 6.87. The zero-order chi connectivity index (χ0) is 13.7. The molecule has 1 aromatic rings. The molecule has 1 aliphatic rings. The fraction of sp³-hybridized carbons (Fsp3) is 0.533. The molecule has 19 heavy (non-hydrogen) atoms. The molecule has 0 aliphatic carbocycles. The van der Waals surface area contributed by atoms with Crippen molar-refractivity contribution in [2.45, 2.75) is 38.3 Å². The highest BCUT2D eigenvalue weighted by Crippen LogP contribution is 2.14. The monoisotopic (exact) mass is 324 g/mol. The number of nitrogens with one attached hydrogen (secondary N) is 1. The number of amides is 1. The molecule has 3 nitrogen and oxygen atoms in total. The third-order valence-corrected chi connectivity index (χ3v) is 4.12. The van der Waals surface area contributed by atoms with E-state index in [9.17, 15) is 4.79 Å². The Hall–Kier alpha value is -0.870. The van der Waals surface area contributed by atoms with Crippen LogP contribution in [0, 0.1) is 0 Å². The van der Waals surface area contributed by atoms with Crippen LogP contribution in [-0.4, -0.2) is 30.4 Å². The number of carbonyl (C=O) groups excluding carboxylic acids is 1. The summed E-state index contributed by atoms with van der Waals surface area (Å²) in [6, 6.07) is 8.49. The lowest BCUT2D eigenvalue weighted by atomic mass is 10.0. The highest BCUT2D eigenvalue weighted by Gasteiger charge is 2.18. The zero-order valence-corrected chi connectivity index (χ0v) is 12.9. The Kier molecular flexibility index (Phi) is 5.40. The van der Waals surface area contributed by atoms with Crippen LogP contribution in [0.4, 0.5) is 0 Å². The predicted molar refractivity (Wildman–Crippen MR) is 80.9 cm³/mol. The molecule has 1 heterocycles. The fourth-order valence-electron chi connectivity index (χ4n) is 2.42. The van der Waals surface area contributed by atoms with Gasteiger partial charge in [-0.2, -0.15) is 0 Å². The molecule has 104 valence electrons. The highest BCUT2D eigenvalue weighted by molar-refractivity contribution is 9.10. The van der Waals surface area contributed by atoms with Crippen LogP contribution in [-0.2, 0) is 11.3 Å². The molecule has 0 spiro atoms. The summed E-state index contributed by atoms with van der Waals surface area (Å²) in [5, 5.41) is 3.42. The highest BCUT2D eigenvalue weighted by atomic mass is 79.9. The van der Waals surface area contributed by atoms with Crippen molar-refractivity contribution in [1.82, 2.24) is 10.2 Å². The third-order valence-electron chi connectivity index (χ3n) is 3.59. The van der Waals surface area contributed by atoms with E-state index in [1.54, 1.807) is 0 Å². The van der Waals surface area contributed by atoms with Crippen LogP contribution in [0.2, 0.25) is 0 Å². The Bertz CT molecular complexity index is 413. The molecule has 1 N–H and O–H groups in total. The van der Waals surface area contributed by atoms with Gasteiger partial charge in [0.05, 0.1) is 0 Å². The van der Waals surface area contributed by atoms with E-state index in [0.29, 0.717) is 19.0 Å². The lowest BCUT2D eigenvalue weighted by Crippen LogP contribution is -2.39. The standard InChI is InChI=1S/C15H21BrN2O/c1-18(11-12-5-7-13(16)8-6-12)15(19)10-14-4-2-3-9-17-14/h5-8,14,17H,2-4,9-11H2,1H3. The smallest absolute Gasteiger partial charge is 0.224 e. The molecule has 1 atom stereocenters. The van der Waals surface area contributed by atoms with Gasteiger partial charge in [0.25, 0.3) is 0 Å². The summed E-state index contributed by atoms with van der Waals surface area (Å²) in [4.78, 5) is 14.0. The first-order valence-corrected chi connectivity index (χ1v) is 7.66. The van der Waals surface area contributed by atoms with Gasteiger partial charge < -0.3 is 10.2 Å². The van der Waals surface area contributed by atoms with E-state index in [1.807, 2.05) is 36.2 Å². The molecule has 0 aromatic heterocycles. The van der Waals surface area contributed by atoms with Crippen LogP contribution in [0.1, 0.15) is 31.2 Å². The summed E-state index contributed by atoms with van der Waals surface area (Å²) in [5.41, 5.74) is 1.16. The molecule has 1 fully saturated rings. The molecular formula is C15H21BrN2O. The third kappa shape index (κ3) is 4.62. The van der Waals surface area contributed by atoms with E-state index < -0.39 is 0 Å². The predicted octanol–water partition coefficient (Wildman–Crippen LogP) is 2.94. The van der Waals surface area contributed by atoms with Crippen molar-refractivity contribution in [2.75, 3.05) is 13.6 Å². The first kappa shape index (κ1) is 14.5. The van der Waals surface area contributed by atoms with Crippen molar-refractivity contribution in [3.8, 4) is 0 Å². The topological polar surface area (TPSA) is 32.3 Å². The Morgan fingerprint density at radius 2 is 2.11 bits per heavy atom. The van der Waals surface area contributed by atoms with Gasteiger partial charge in [0.2, 0.25) is 5.91 Å². The first-order chi connectivity index (χ1) is 9.15. The van der Waals surface area contributed by atoms with Gasteiger partial charge in [-0.15, -0.1) is 0 Å². The second-order valence-corrected chi connectivity index (χ2v) is 6.14. The second-order valence-electron chi connectivity index (χ2n) is 5.23. The van der Waals surface area contributed by atoms with Gasteiger partial charge >= 0.3 is 0 Å². The average molecular weight is 325 g/mol. The Morgan fingerprint density at radius 1 is 1.37 bits per heavy atom. The maximum absolute atomic E-state index is 12.2. The van der Waals surface area contributed by atoms with E-state index in [4.69, 9.17) is 0 Å². The molecule has 0 saturated carbocycles. The number of hydrogen-bond donors (Lipinski definition) is 1. The fourth-order valence-corrected chi connectivity index (χ4v) is 2.68. The van der Waals surface area contributed by atoms with E-state index in [-0.39, 0.29) is 5.91 Å². The Balaban J connectivity index is 1.83. The lowest BCUT2D eigenvalue weighted by molar-refractivity contribution is -0.131. The number of hydrogen-bond acceptors (Lipinski definition) is 2. The van der Waals surface area contributed by atoms with Gasteiger partial charge in [-0.25, -0.2) is 0 Å². The van der Waals surface area contributed by atoms with Crippen molar-refractivity contribution in [1.29, 1.82) is 0 Å². The number of benzene rings is 1. The van der Waals surface area contributed by atoms with Gasteiger partial charge in [0.1, 0.15) is 0 Å². The molecule has 0 radical (unpaired) electrons. The number of nitrogens with zero attached hydrogens (tertiary/aromatic N) is 1. The summed E-state index contributed by atoms with van der Waals surface area (Å²) in [6.07, 6.45) is 4.21. The van der Waals surface area contributed by atoms with Crippen LogP contribution in [0.5, 0.6) is 0 Å². The summed E-state index contributed by atoms with van der Waals surface area (Å²) in [7, 11) is 1.88. The van der Waals surface area contributed by atoms with Crippen LogP contribution in [0.15, 0.2) is 28.7 Å². The second kappa shape index (κ2) is 7.06. The van der Waals surface area contributed by atoms with Crippen molar-refractivity contribution in [2.24, 2.45) is 0 Å². The van der Waals surface area contributed by atoms with E-state index >= 15 is 0 Å². The van der Waals surface area contributed by atoms with Crippen molar-refractivity contribution in [3.63, 3.8) is 0 Å². The number of piperidine rings is 1. The van der Waals surface area contributed by atoms with E-state index in [0.717, 1.165) is 23.0 Å². The molecule has 0 bridgehead atoms. The van der Waals surface area contributed by atoms with Crippen molar-refractivity contribution < 1.29 is 4.79 Å². The zero-order valence-electron chi connectivity index (χ0n) is 11.4. The minimum absolute atomic E-state index is 0.224. The van der Waals surface area contributed by atoms with Crippen LogP contribution >= 0.6 is 15.9 Å². The van der Waals surface area contributed by atoms with Gasteiger partial charge in [-0.1, -0.05) is 34.5 Å². The van der Waals surface area contributed by atoms with Gasteiger partial charge in [-0.05, 0) is 37.1 Å². The Labute approximate surface area is 123 Å². The van der Waals surface area contributed by atoms with Crippen molar-refractivity contribution in [3.05, 3.63) is 34.3 Å². The summed E-state index contributed by atoms with van der Waals surface area (Å²) in [5.74, 6) is 0.224. The largest absolute Gasteiger partial charge is 0.341 e. The minimum atomic E-state index is 0.224. The average Bonchev–Trinajstić information content (AvgIpc) is 2.42. The quantitative estimate of drug-likeness (QED) is 0.923. The normalized spacial score (nSPS) is 19.2. The van der Waals surface area contributed by atoms with Crippen LogP contribution in [0.25, 0.3) is 0 Å². The minimum Gasteiger partial charge on any atom is -0.341 e. The summed E-state index contributed by atoms with van der Waals surface area (Å²) >= 11 is 3.42.